The number of hydrogen-bond acceptors (Lipinski definition) is 3. The van der Waals surface area contributed by atoms with Crippen LogP contribution in [0, 0.1) is 12.8 Å². The molecule has 2 aliphatic rings. The van der Waals surface area contributed by atoms with E-state index in [1.807, 2.05) is 0 Å². The minimum Gasteiger partial charge on any atom is -0.371 e. The summed E-state index contributed by atoms with van der Waals surface area (Å²) in [5.74, 6) is 3.11. The van der Waals surface area contributed by atoms with Gasteiger partial charge in [0.05, 0.1) is 0 Å². The molecule has 0 amide bonds. The number of hydrogen-bond donors (Lipinski definition) is 1. The molecule has 17 heavy (non-hydrogen) atoms. The molecule has 3 atom stereocenters. The second-order valence-corrected chi connectivity index (χ2v) is 6.39. The summed E-state index contributed by atoms with van der Waals surface area (Å²) >= 11 is 2.06. The Labute approximate surface area is 108 Å². The quantitative estimate of drug-likeness (QED) is 0.765. The molecular formula is C14H20N2S. The van der Waals surface area contributed by atoms with Crippen LogP contribution in [0.4, 0.5) is 5.69 Å². The summed E-state index contributed by atoms with van der Waals surface area (Å²) in [4.78, 5) is 2.48. The number of benzene rings is 1. The molecule has 0 bridgehead atoms. The third-order valence-electron chi connectivity index (χ3n) is 4.30. The highest BCUT2D eigenvalue weighted by molar-refractivity contribution is 7.99. The van der Waals surface area contributed by atoms with E-state index in [1.165, 1.54) is 34.7 Å². The van der Waals surface area contributed by atoms with Crippen molar-refractivity contribution in [3.63, 3.8) is 0 Å². The van der Waals surface area contributed by atoms with E-state index in [0.29, 0.717) is 12.0 Å². The Balaban J connectivity index is 2.10. The minimum absolute atomic E-state index is 0.221. The van der Waals surface area contributed by atoms with E-state index in [2.05, 4.69) is 48.8 Å². The average Bonchev–Trinajstić information content (AvgIpc) is 2.36. The zero-order valence-electron chi connectivity index (χ0n) is 10.5. The largest absolute Gasteiger partial charge is 0.371 e. The highest BCUT2D eigenvalue weighted by Crippen LogP contribution is 2.44. The lowest BCUT2D eigenvalue weighted by atomic mass is 9.80. The third kappa shape index (κ3) is 1.67. The van der Waals surface area contributed by atoms with E-state index in [0.717, 1.165) is 0 Å². The smallest absolute Gasteiger partial charge is 0.0444 e. The van der Waals surface area contributed by atoms with Crippen molar-refractivity contribution in [1.82, 2.24) is 0 Å². The zero-order chi connectivity index (χ0) is 12.0. The van der Waals surface area contributed by atoms with Crippen molar-refractivity contribution >= 4 is 17.4 Å². The molecule has 2 N–H and O–H groups in total. The zero-order valence-corrected chi connectivity index (χ0v) is 11.3. The molecule has 1 fully saturated rings. The van der Waals surface area contributed by atoms with Crippen LogP contribution in [-0.2, 0) is 0 Å². The Bertz CT molecular complexity index is 432. The molecule has 3 unspecified atom stereocenters. The number of thioether (sulfide) groups is 1. The topological polar surface area (TPSA) is 29.3 Å². The number of para-hydroxylation sites is 1. The maximum atomic E-state index is 6.49. The fourth-order valence-corrected chi connectivity index (χ4v) is 4.68. The van der Waals surface area contributed by atoms with Crippen LogP contribution in [0.5, 0.6) is 0 Å². The Hall–Kier alpha value is -0.670. The molecule has 92 valence electrons. The predicted molar refractivity (Wildman–Crippen MR) is 75.7 cm³/mol. The number of aryl methyl sites for hydroxylation is 1. The highest BCUT2D eigenvalue weighted by Gasteiger charge is 2.39. The molecule has 0 radical (unpaired) electrons. The lowest BCUT2D eigenvalue weighted by Crippen LogP contribution is -2.50. The molecule has 1 saturated heterocycles. The molecule has 3 rings (SSSR count). The van der Waals surface area contributed by atoms with Crippen LogP contribution in [0.3, 0.4) is 0 Å². The molecule has 0 aromatic heterocycles. The third-order valence-corrected chi connectivity index (χ3v) is 5.45. The first-order chi connectivity index (χ1) is 8.20. The Morgan fingerprint density at radius 3 is 3.06 bits per heavy atom. The summed E-state index contributed by atoms with van der Waals surface area (Å²) in [7, 11) is 2.24. The maximum absolute atomic E-state index is 6.49. The standard InChI is InChI=1S/C14H20N2S/c1-9-4-3-5-10-13(15)11-8-17-7-6-12(11)16(2)14(9)10/h3-5,11-13H,6-8,15H2,1-2H3. The summed E-state index contributed by atoms with van der Waals surface area (Å²) in [5, 5.41) is 0. The van der Waals surface area contributed by atoms with E-state index in [-0.39, 0.29) is 6.04 Å². The molecule has 2 nitrogen and oxygen atoms in total. The van der Waals surface area contributed by atoms with E-state index in [1.54, 1.807) is 0 Å². The molecule has 0 aliphatic carbocycles. The minimum atomic E-state index is 0.221. The number of nitrogens with zero attached hydrogens (tertiary/aromatic N) is 1. The number of rotatable bonds is 0. The molecular weight excluding hydrogens is 228 g/mol. The summed E-state index contributed by atoms with van der Waals surface area (Å²) in [6.45, 7) is 2.19. The average molecular weight is 248 g/mol. The van der Waals surface area contributed by atoms with Gasteiger partial charge in [-0.15, -0.1) is 0 Å². The fourth-order valence-electron chi connectivity index (χ4n) is 3.40. The van der Waals surface area contributed by atoms with Gasteiger partial charge < -0.3 is 10.6 Å². The lowest BCUT2D eigenvalue weighted by Gasteiger charge is -2.47. The SMILES string of the molecule is Cc1cccc2c1N(C)C1CCSCC1C2N. The molecule has 1 aromatic carbocycles. The van der Waals surface area contributed by atoms with Crippen molar-refractivity contribution in [2.45, 2.75) is 25.4 Å². The number of nitrogens with two attached hydrogens (primary N) is 1. The molecule has 0 saturated carbocycles. The van der Waals surface area contributed by atoms with Crippen molar-refractivity contribution in [2.24, 2.45) is 11.7 Å². The van der Waals surface area contributed by atoms with Crippen LogP contribution in [0.1, 0.15) is 23.6 Å². The van der Waals surface area contributed by atoms with Crippen LogP contribution in [0.15, 0.2) is 18.2 Å². The second-order valence-electron chi connectivity index (χ2n) is 5.24. The molecule has 0 spiro atoms. The van der Waals surface area contributed by atoms with Gasteiger partial charge in [0, 0.05) is 30.7 Å². The highest BCUT2D eigenvalue weighted by atomic mass is 32.2. The first kappa shape index (κ1) is 11.4. The van der Waals surface area contributed by atoms with Crippen molar-refractivity contribution in [2.75, 3.05) is 23.5 Å². The van der Waals surface area contributed by atoms with E-state index in [9.17, 15) is 0 Å². The van der Waals surface area contributed by atoms with Gasteiger partial charge in [0.25, 0.3) is 0 Å². The van der Waals surface area contributed by atoms with Crippen molar-refractivity contribution in [1.29, 1.82) is 0 Å². The Morgan fingerprint density at radius 1 is 1.41 bits per heavy atom. The van der Waals surface area contributed by atoms with Crippen LogP contribution < -0.4 is 10.6 Å². The molecule has 1 aromatic rings. The molecule has 2 heterocycles. The number of anilines is 1. The Kier molecular flexibility index (Phi) is 2.83. The van der Waals surface area contributed by atoms with Crippen molar-refractivity contribution in [3.8, 4) is 0 Å². The fraction of sp³-hybridized carbons (Fsp3) is 0.571. The van der Waals surface area contributed by atoms with Crippen LogP contribution in [0.25, 0.3) is 0 Å². The van der Waals surface area contributed by atoms with Crippen LogP contribution in [-0.4, -0.2) is 24.6 Å². The first-order valence-electron chi connectivity index (χ1n) is 6.36. The first-order valence-corrected chi connectivity index (χ1v) is 7.51. The van der Waals surface area contributed by atoms with Gasteiger partial charge in [0.1, 0.15) is 0 Å². The van der Waals surface area contributed by atoms with Gasteiger partial charge in [-0.1, -0.05) is 18.2 Å². The molecule has 3 heteroatoms. The van der Waals surface area contributed by atoms with Gasteiger partial charge in [0.2, 0.25) is 0 Å². The van der Waals surface area contributed by atoms with Gasteiger partial charge in [-0.25, -0.2) is 0 Å². The van der Waals surface area contributed by atoms with Crippen LogP contribution in [0.2, 0.25) is 0 Å². The van der Waals surface area contributed by atoms with E-state index in [4.69, 9.17) is 5.73 Å². The van der Waals surface area contributed by atoms with Gasteiger partial charge in [-0.2, -0.15) is 11.8 Å². The van der Waals surface area contributed by atoms with Gasteiger partial charge in [0.15, 0.2) is 0 Å². The summed E-state index contributed by atoms with van der Waals surface area (Å²) in [6.07, 6.45) is 1.27. The van der Waals surface area contributed by atoms with Crippen LogP contribution >= 0.6 is 11.8 Å². The Morgan fingerprint density at radius 2 is 2.24 bits per heavy atom. The van der Waals surface area contributed by atoms with Gasteiger partial charge in [-0.3, -0.25) is 0 Å². The number of fused-ring (bicyclic) bond motifs is 2. The van der Waals surface area contributed by atoms with E-state index >= 15 is 0 Å². The van der Waals surface area contributed by atoms with Gasteiger partial charge >= 0.3 is 0 Å². The normalized spacial score (nSPS) is 31.9. The monoisotopic (exact) mass is 248 g/mol. The summed E-state index contributed by atoms with van der Waals surface area (Å²) < 4.78 is 0. The van der Waals surface area contributed by atoms with Crippen molar-refractivity contribution in [3.05, 3.63) is 29.3 Å². The summed E-state index contributed by atoms with van der Waals surface area (Å²) in [6, 6.07) is 7.40. The van der Waals surface area contributed by atoms with E-state index < -0.39 is 0 Å². The second kappa shape index (κ2) is 4.21. The van der Waals surface area contributed by atoms with Crippen molar-refractivity contribution < 1.29 is 0 Å². The van der Waals surface area contributed by atoms with Gasteiger partial charge in [-0.05, 0) is 36.0 Å². The summed E-state index contributed by atoms with van der Waals surface area (Å²) in [5.41, 5.74) is 10.6. The molecule has 2 aliphatic heterocycles. The lowest BCUT2D eigenvalue weighted by molar-refractivity contribution is 0.346. The maximum Gasteiger partial charge on any atom is 0.0444 e. The predicted octanol–water partition coefficient (Wildman–Crippen LogP) is 2.57.